The number of ether oxygens (including phenoxy) is 1. The van der Waals surface area contributed by atoms with Crippen molar-refractivity contribution >= 4 is 21.6 Å². The minimum atomic E-state index is -3.92. The number of nitrogens with zero attached hydrogens (tertiary/aromatic N) is 2. The Hall–Kier alpha value is -2.62. The van der Waals surface area contributed by atoms with Gasteiger partial charge in [0.15, 0.2) is 5.75 Å². The van der Waals surface area contributed by atoms with Gasteiger partial charge in [-0.25, -0.2) is 8.42 Å². The molecule has 8 nitrogen and oxygen atoms in total. The number of fused-ring (bicyclic) bond motifs is 1. The van der Waals surface area contributed by atoms with Crippen LogP contribution in [-0.4, -0.2) is 74.7 Å². The fourth-order valence-corrected chi connectivity index (χ4v) is 6.72. The van der Waals surface area contributed by atoms with Crippen LogP contribution in [0.25, 0.3) is 0 Å². The number of rotatable bonds is 9. The highest BCUT2D eigenvalue weighted by molar-refractivity contribution is 7.92. The van der Waals surface area contributed by atoms with Gasteiger partial charge in [-0.2, -0.15) is 0 Å². The Morgan fingerprint density at radius 3 is 2.46 bits per heavy atom. The summed E-state index contributed by atoms with van der Waals surface area (Å²) >= 11 is 0. The minimum Gasteiger partial charge on any atom is -0.486 e. The number of hydrogen-bond donors (Lipinski definition) is 2. The number of amides is 1. The molecule has 39 heavy (non-hydrogen) atoms. The number of sulfonamides is 1. The van der Waals surface area contributed by atoms with Crippen LogP contribution < -0.4 is 9.46 Å². The molecule has 9 heteroatoms. The van der Waals surface area contributed by atoms with Crippen LogP contribution in [0.4, 0.5) is 5.69 Å². The number of para-hydroxylation sites is 1. The normalized spacial score (nSPS) is 21.6. The molecule has 2 aromatic rings. The molecule has 0 bridgehead atoms. The van der Waals surface area contributed by atoms with E-state index in [0.29, 0.717) is 19.0 Å². The molecule has 0 spiro atoms. The first-order chi connectivity index (χ1) is 18.6. The van der Waals surface area contributed by atoms with Crippen LogP contribution in [-0.2, 0) is 10.0 Å². The molecule has 1 heterocycles. The number of aryl methyl sites for hydroxylation is 1. The Labute approximate surface area is 233 Å². The molecule has 214 valence electrons. The molecule has 0 aromatic heterocycles. The standard InChI is InChI=1S/C30H43N3O5S/c1-21-13-15-25(16-14-21)39(36,37)31-27-12-8-11-26-29(27)38-28(19-32(4)18-24-9-6-5-7-10-24)22(2)17-33(30(26)35)23(3)20-34/h8,11-16,22-24,28,31,34H,5-7,9-10,17-20H2,1-4H3/t22-,23-,28-/m1/s1. The zero-order valence-electron chi connectivity index (χ0n) is 23.6. The number of carbonyl (C=O) groups is 1. The van der Waals surface area contributed by atoms with Gasteiger partial charge in [0.25, 0.3) is 15.9 Å². The number of nitrogens with one attached hydrogen (secondary N) is 1. The largest absolute Gasteiger partial charge is 0.486 e. The summed E-state index contributed by atoms with van der Waals surface area (Å²) in [5.41, 5.74) is 1.47. The third-order valence-electron chi connectivity index (χ3n) is 8.05. The average molecular weight is 558 g/mol. The molecule has 2 N–H and O–H groups in total. The summed E-state index contributed by atoms with van der Waals surface area (Å²) in [5, 5.41) is 9.92. The zero-order chi connectivity index (χ0) is 28.2. The molecule has 0 saturated heterocycles. The molecule has 1 aliphatic heterocycles. The van der Waals surface area contributed by atoms with Crippen LogP contribution in [0.2, 0.25) is 0 Å². The summed E-state index contributed by atoms with van der Waals surface area (Å²) in [6.07, 6.45) is 6.08. The van der Waals surface area contributed by atoms with Crippen molar-refractivity contribution in [3.8, 4) is 5.75 Å². The van der Waals surface area contributed by atoms with Crippen molar-refractivity contribution < 1.29 is 23.1 Å². The van der Waals surface area contributed by atoms with E-state index in [2.05, 4.69) is 16.7 Å². The molecule has 2 aromatic carbocycles. The van der Waals surface area contributed by atoms with Crippen LogP contribution in [0, 0.1) is 18.8 Å². The van der Waals surface area contributed by atoms with Gasteiger partial charge in [0.05, 0.1) is 28.8 Å². The van der Waals surface area contributed by atoms with E-state index in [-0.39, 0.29) is 52.5 Å². The van der Waals surface area contributed by atoms with Crippen molar-refractivity contribution in [2.24, 2.45) is 11.8 Å². The molecule has 4 rings (SSSR count). The van der Waals surface area contributed by atoms with Crippen LogP contribution in [0.3, 0.4) is 0 Å². The van der Waals surface area contributed by atoms with Gasteiger partial charge >= 0.3 is 0 Å². The van der Waals surface area contributed by atoms with Crippen LogP contribution in [0.5, 0.6) is 5.75 Å². The highest BCUT2D eigenvalue weighted by Gasteiger charge is 2.35. The molecule has 0 radical (unpaired) electrons. The van der Waals surface area contributed by atoms with Gasteiger partial charge in [0, 0.05) is 25.6 Å². The predicted octanol–water partition coefficient (Wildman–Crippen LogP) is 4.53. The average Bonchev–Trinajstić information content (AvgIpc) is 2.91. The third-order valence-corrected chi connectivity index (χ3v) is 9.43. The van der Waals surface area contributed by atoms with Gasteiger partial charge in [0.2, 0.25) is 0 Å². The lowest BCUT2D eigenvalue weighted by atomic mass is 9.89. The first kappa shape index (κ1) is 29.4. The second-order valence-corrected chi connectivity index (χ2v) is 13.1. The maximum Gasteiger partial charge on any atom is 0.262 e. The second-order valence-electron chi connectivity index (χ2n) is 11.4. The molecular formula is C30H43N3O5S. The first-order valence-electron chi connectivity index (χ1n) is 14.1. The molecule has 2 aliphatic rings. The monoisotopic (exact) mass is 557 g/mol. The van der Waals surface area contributed by atoms with Gasteiger partial charge < -0.3 is 19.6 Å². The number of hydrogen-bond acceptors (Lipinski definition) is 6. The summed E-state index contributed by atoms with van der Waals surface area (Å²) in [4.78, 5) is 17.8. The van der Waals surface area contributed by atoms with E-state index < -0.39 is 10.0 Å². The van der Waals surface area contributed by atoms with Crippen molar-refractivity contribution in [1.82, 2.24) is 9.80 Å². The molecule has 3 atom stereocenters. The smallest absolute Gasteiger partial charge is 0.262 e. The van der Waals surface area contributed by atoms with Gasteiger partial charge in [-0.15, -0.1) is 0 Å². The number of benzene rings is 2. The zero-order valence-corrected chi connectivity index (χ0v) is 24.4. The lowest BCUT2D eigenvalue weighted by molar-refractivity contribution is 0.0333. The minimum absolute atomic E-state index is 0.0494. The number of carbonyl (C=O) groups excluding carboxylic acids is 1. The maximum absolute atomic E-state index is 13.7. The van der Waals surface area contributed by atoms with Crippen molar-refractivity contribution in [2.45, 2.75) is 69.9 Å². The Kier molecular flexibility index (Phi) is 9.56. The SMILES string of the molecule is Cc1ccc(S(=O)(=O)Nc2cccc3c2O[C@H](CN(C)CC2CCCCC2)[C@H](C)CN([C@H](C)CO)C3=O)cc1. The van der Waals surface area contributed by atoms with Crippen molar-refractivity contribution in [3.05, 3.63) is 53.6 Å². The Morgan fingerprint density at radius 1 is 1.10 bits per heavy atom. The number of aliphatic hydroxyl groups excluding tert-OH is 1. The summed E-state index contributed by atoms with van der Waals surface area (Å²) < 4.78 is 35.9. The summed E-state index contributed by atoms with van der Waals surface area (Å²) in [7, 11) is -1.81. The fourth-order valence-electron chi connectivity index (χ4n) is 5.65. The van der Waals surface area contributed by atoms with Gasteiger partial charge in [-0.3, -0.25) is 9.52 Å². The van der Waals surface area contributed by atoms with Gasteiger partial charge in [-0.1, -0.05) is 49.9 Å². The van der Waals surface area contributed by atoms with Crippen molar-refractivity contribution in [3.63, 3.8) is 0 Å². The second kappa shape index (κ2) is 12.7. The fraction of sp³-hybridized carbons (Fsp3) is 0.567. The van der Waals surface area contributed by atoms with E-state index in [1.165, 1.54) is 32.1 Å². The van der Waals surface area contributed by atoms with Crippen LogP contribution >= 0.6 is 0 Å². The molecule has 0 unspecified atom stereocenters. The first-order valence-corrected chi connectivity index (χ1v) is 15.6. The number of aliphatic hydroxyl groups is 1. The van der Waals surface area contributed by atoms with E-state index in [4.69, 9.17) is 4.74 Å². The lowest BCUT2D eigenvalue weighted by Gasteiger charge is -2.39. The van der Waals surface area contributed by atoms with Gasteiger partial charge in [-0.05, 0) is 63.9 Å². The van der Waals surface area contributed by atoms with E-state index in [1.54, 1.807) is 47.4 Å². The molecule has 1 amide bonds. The van der Waals surface area contributed by atoms with Crippen LogP contribution in [0.15, 0.2) is 47.4 Å². The predicted molar refractivity (Wildman–Crippen MR) is 154 cm³/mol. The molecule has 1 aliphatic carbocycles. The topological polar surface area (TPSA) is 99.2 Å². The van der Waals surface area contributed by atoms with E-state index >= 15 is 0 Å². The quantitative estimate of drug-likeness (QED) is 0.470. The van der Waals surface area contributed by atoms with E-state index in [9.17, 15) is 18.3 Å². The Bertz CT molecular complexity index is 1230. The maximum atomic E-state index is 13.7. The summed E-state index contributed by atoms with van der Waals surface area (Å²) in [5.74, 6) is 0.565. The third kappa shape index (κ3) is 7.13. The lowest BCUT2D eigenvalue weighted by Crippen LogP contribution is -2.50. The molecule has 1 saturated carbocycles. The highest BCUT2D eigenvalue weighted by atomic mass is 32.2. The Balaban J connectivity index is 1.68. The molecular weight excluding hydrogens is 514 g/mol. The van der Waals surface area contributed by atoms with Gasteiger partial charge in [0.1, 0.15) is 6.10 Å². The number of anilines is 1. The Morgan fingerprint density at radius 2 is 1.79 bits per heavy atom. The van der Waals surface area contributed by atoms with Crippen molar-refractivity contribution in [2.75, 3.05) is 38.0 Å². The van der Waals surface area contributed by atoms with E-state index in [0.717, 1.165) is 12.1 Å². The highest BCUT2D eigenvalue weighted by Crippen LogP contribution is 2.36. The summed E-state index contributed by atoms with van der Waals surface area (Å²) in [6.45, 7) is 7.66. The van der Waals surface area contributed by atoms with Crippen molar-refractivity contribution in [1.29, 1.82) is 0 Å². The number of likely N-dealkylation sites (N-methyl/N-ethyl adjacent to an activating group) is 1. The molecule has 1 fully saturated rings. The van der Waals surface area contributed by atoms with Crippen LogP contribution in [0.1, 0.15) is 61.9 Å². The van der Waals surface area contributed by atoms with E-state index in [1.807, 2.05) is 20.8 Å². The summed E-state index contributed by atoms with van der Waals surface area (Å²) in [6, 6.07) is 11.2.